The smallest absolute Gasteiger partial charge is 0.133 e. The second-order valence-electron chi connectivity index (χ2n) is 4.31. The van der Waals surface area contributed by atoms with Gasteiger partial charge in [-0.3, -0.25) is 0 Å². The second kappa shape index (κ2) is 5.11. The quantitative estimate of drug-likeness (QED) is 0.851. The molecule has 1 saturated carbocycles. The van der Waals surface area contributed by atoms with Gasteiger partial charge in [0.25, 0.3) is 0 Å². The van der Waals surface area contributed by atoms with Crippen LogP contribution in [0.2, 0.25) is 0 Å². The van der Waals surface area contributed by atoms with Crippen LogP contribution in [0.3, 0.4) is 0 Å². The number of aryl methyl sites for hydroxylation is 1. The van der Waals surface area contributed by atoms with Crippen LogP contribution >= 0.6 is 12.4 Å². The predicted octanol–water partition coefficient (Wildman–Crippen LogP) is 3.49. The fraction of sp³-hybridized carbons (Fsp3) is 0.500. The molecule has 0 spiro atoms. The fourth-order valence-corrected chi connectivity index (χ4v) is 2.02. The molecule has 0 heterocycles. The lowest BCUT2D eigenvalue weighted by molar-refractivity contribution is 0.256. The molecule has 0 radical (unpaired) electrons. The Balaban J connectivity index is 0.00000128. The highest BCUT2D eigenvalue weighted by atomic mass is 35.5. The van der Waals surface area contributed by atoms with Crippen LogP contribution in [0.15, 0.2) is 12.1 Å². The van der Waals surface area contributed by atoms with E-state index in [9.17, 15) is 8.78 Å². The van der Waals surface area contributed by atoms with Crippen molar-refractivity contribution < 1.29 is 8.78 Å². The average Bonchev–Trinajstić information content (AvgIpc) is 2.09. The monoisotopic (exact) mass is 247 g/mol. The highest BCUT2D eigenvalue weighted by Crippen LogP contribution is 2.38. The molecule has 16 heavy (non-hydrogen) atoms. The highest BCUT2D eigenvalue weighted by Gasteiger charge is 2.29. The Morgan fingerprint density at radius 1 is 1.31 bits per heavy atom. The van der Waals surface area contributed by atoms with Gasteiger partial charge < -0.3 is 5.73 Å². The summed E-state index contributed by atoms with van der Waals surface area (Å²) >= 11 is 0. The molecule has 1 fully saturated rings. The van der Waals surface area contributed by atoms with Crippen molar-refractivity contribution in [1.82, 2.24) is 0 Å². The van der Waals surface area contributed by atoms with Crippen molar-refractivity contribution in [2.75, 3.05) is 0 Å². The van der Waals surface area contributed by atoms with E-state index in [4.69, 9.17) is 5.73 Å². The molecule has 2 rings (SSSR count). The maximum absolute atomic E-state index is 13.7. The average molecular weight is 248 g/mol. The minimum atomic E-state index is -0.516. The Morgan fingerprint density at radius 3 is 2.44 bits per heavy atom. The highest BCUT2D eigenvalue weighted by molar-refractivity contribution is 5.85. The van der Waals surface area contributed by atoms with Gasteiger partial charge in [0, 0.05) is 11.6 Å². The Labute approximate surface area is 100 Å². The third-order valence-electron chi connectivity index (χ3n) is 3.31. The zero-order valence-electron chi connectivity index (χ0n) is 9.17. The molecule has 4 heteroatoms. The topological polar surface area (TPSA) is 26.0 Å². The summed E-state index contributed by atoms with van der Waals surface area (Å²) in [5, 5.41) is 0. The van der Waals surface area contributed by atoms with Gasteiger partial charge in [-0.1, -0.05) is 12.5 Å². The molecular formula is C12H16ClF2N. The molecule has 1 aromatic rings. The van der Waals surface area contributed by atoms with Crippen molar-refractivity contribution in [3.05, 3.63) is 34.9 Å². The molecule has 1 atom stereocenters. The molecule has 0 amide bonds. The number of nitrogens with two attached hydrogens (primary N) is 1. The summed E-state index contributed by atoms with van der Waals surface area (Å²) in [7, 11) is 0. The molecule has 2 N–H and O–H groups in total. The molecule has 0 unspecified atom stereocenters. The fourth-order valence-electron chi connectivity index (χ4n) is 2.02. The van der Waals surface area contributed by atoms with Crippen molar-refractivity contribution in [2.24, 2.45) is 11.7 Å². The first-order chi connectivity index (χ1) is 7.11. The number of hydrogen-bond acceptors (Lipinski definition) is 1. The van der Waals surface area contributed by atoms with Gasteiger partial charge in [-0.2, -0.15) is 0 Å². The van der Waals surface area contributed by atoms with E-state index in [2.05, 4.69) is 0 Å². The van der Waals surface area contributed by atoms with Gasteiger partial charge in [-0.25, -0.2) is 8.78 Å². The summed E-state index contributed by atoms with van der Waals surface area (Å²) in [6.45, 7) is 1.63. The molecule has 90 valence electrons. The van der Waals surface area contributed by atoms with Gasteiger partial charge in [-0.05, 0) is 37.3 Å². The summed E-state index contributed by atoms with van der Waals surface area (Å²) in [6.07, 6.45) is 3.08. The van der Waals surface area contributed by atoms with Gasteiger partial charge in [0.1, 0.15) is 11.6 Å². The number of rotatable bonds is 2. The predicted molar refractivity (Wildman–Crippen MR) is 62.6 cm³/mol. The Bertz CT molecular complexity index is 378. The summed E-state index contributed by atoms with van der Waals surface area (Å²) in [5.41, 5.74) is 6.42. The zero-order chi connectivity index (χ0) is 11.0. The third-order valence-corrected chi connectivity index (χ3v) is 3.31. The maximum atomic E-state index is 13.7. The lowest BCUT2D eigenvalue weighted by Crippen LogP contribution is -2.28. The second-order valence-corrected chi connectivity index (χ2v) is 4.31. The maximum Gasteiger partial charge on any atom is 0.133 e. The molecule has 1 aliphatic carbocycles. The SMILES string of the molecule is Cc1ccc(F)c([C@H](N)C2CCC2)c1F.Cl. The molecule has 0 aromatic heterocycles. The molecule has 0 aliphatic heterocycles. The zero-order valence-corrected chi connectivity index (χ0v) is 9.99. The molecule has 1 nitrogen and oxygen atoms in total. The van der Waals surface area contributed by atoms with Gasteiger partial charge in [0.05, 0.1) is 0 Å². The van der Waals surface area contributed by atoms with Crippen LogP contribution in [-0.4, -0.2) is 0 Å². The molecule has 0 saturated heterocycles. The van der Waals surface area contributed by atoms with Gasteiger partial charge in [-0.15, -0.1) is 12.4 Å². The van der Waals surface area contributed by atoms with Crippen LogP contribution in [0.5, 0.6) is 0 Å². The van der Waals surface area contributed by atoms with Crippen LogP contribution in [-0.2, 0) is 0 Å². The first-order valence-corrected chi connectivity index (χ1v) is 5.31. The Hall–Kier alpha value is -0.670. The molecule has 0 bridgehead atoms. The standard InChI is InChI=1S/C12H15F2N.ClH/c1-7-5-6-9(13)10(11(7)14)12(15)8-3-2-4-8;/h5-6,8,12H,2-4,15H2,1H3;1H/t12-;/m1./s1. The van der Waals surface area contributed by atoms with Crippen LogP contribution in [0, 0.1) is 24.5 Å². The molecule has 1 aliphatic rings. The van der Waals surface area contributed by atoms with Crippen molar-refractivity contribution in [3.63, 3.8) is 0 Å². The van der Waals surface area contributed by atoms with E-state index < -0.39 is 17.7 Å². The van der Waals surface area contributed by atoms with E-state index in [1.807, 2.05) is 0 Å². The Morgan fingerprint density at radius 2 is 1.94 bits per heavy atom. The van der Waals surface area contributed by atoms with Crippen LogP contribution in [0.25, 0.3) is 0 Å². The summed E-state index contributed by atoms with van der Waals surface area (Å²) < 4.78 is 27.2. The lowest BCUT2D eigenvalue weighted by atomic mass is 9.77. The third kappa shape index (κ3) is 2.20. The largest absolute Gasteiger partial charge is 0.324 e. The summed E-state index contributed by atoms with van der Waals surface area (Å²) in [4.78, 5) is 0. The minimum absolute atomic E-state index is 0. The minimum Gasteiger partial charge on any atom is -0.324 e. The van der Waals surface area contributed by atoms with E-state index in [-0.39, 0.29) is 23.9 Å². The number of halogens is 3. The van der Waals surface area contributed by atoms with Crippen molar-refractivity contribution in [2.45, 2.75) is 32.2 Å². The lowest BCUT2D eigenvalue weighted by Gasteiger charge is -2.32. The van der Waals surface area contributed by atoms with Crippen LogP contribution in [0.4, 0.5) is 8.78 Å². The summed E-state index contributed by atoms with van der Waals surface area (Å²) in [5.74, 6) is -0.748. The Kier molecular flexibility index (Phi) is 4.28. The van der Waals surface area contributed by atoms with E-state index in [1.165, 1.54) is 12.1 Å². The van der Waals surface area contributed by atoms with Crippen LogP contribution in [0.1, 0.15) is 36.4 Å². The van der Waals surface area contributed by atoms with Gasteiger partial charge in [0.15, 0.2) is 0 Å². The molecule has 1 aromatic carbocycles. The van der Waals surface area contributed by atoms with Crippen molar-refractivity contribution in [3.8, 4) is 0 Å². The number of hydrogen-bond donors (Lipinski definition) is 1. The summed E-state index contributed by atoms with van der Waals surface area (Å²) in [6, 6.07) is 2.26. The normalized spacial score (nSPS) is 17.5. The molecular weight excluding hydrogens is 232 g/mol. The number of benzene rings is 1. The van der Waals surface area contributed by atoms with Crippen molar-refractivity contribution in [1.29, 1.82) is 0 Å². The first kappa shape index (κ1) is 13.4. The van der Waals surface area contributed by atoms with Crippen LogP contribution < -0.4 is 5.73 Å². The van der Waals surface area contributed by atoms with Gasteiger partial charge >= 0.3 is 0 Å². The van der Waals surface area contributed by atoms with E-state index in [0.29, 0.717) is 5.56 Å². The van der Waals surface area contributed by atoms with Gasteiger partial charge in [0.2, 0.25) is 0 Å². The van der Waals surface area contributed by atoms with E-state index in [0.717, 1.165) is 19.3 Å². The van der Waals surface area contributed by atoms with E-state index in [1.54, 1.807) is 6.92 Å². The van der Waals surface area contributed by atoms with Crippen molar-refractivity contribution >= 4 is 12.4 Å². The first-order valence-electron chi connectivity index (χ1n) is 5.31. The van der Waals surface area contributed by atoms with E-state index >= 15 is 0 Å².